The first-order chi connectivity index (χ1) is 8.72. The maximum absolute atomic E-state index is 11.4. The first kappa shape index (κ1) is 12.7. The maximum Gasteiger partial charge on any atom is 0.314 e. The Morgan fingerprint density at radius 2 is 2.06 bits per heavy atom. The van der Waals surface area contributed by atoms with Crippen molar-refractivity contribution in [1.82, 2.24) is 10.6 Å². The number of hydrogen-bond donors (Lipinski definition) is 2. The average molecular weight is 248 g/mol. The molecule has 1 aliphatic rings. The van der Waals surface area contributed by atoms with E-state index in [4.69, 9.17) is 4.74 Å². The van der Waals surface area contributed by atoms with Gasteiger partial charge in [0.05, 0.1) is 7.11 Å². The molecule has 2 rings (SSSR count). The average Bonchev–Trinajstić information content (AvgIpc) is 3.18. The van der Waals surface area contributed by atoms with Crippen molar-refractivity contribution in [3.8, 4) is 5.75 Å². The molecule has 2 amide bonds. The molecule has 0 unspecified atom stereocenters. The first-order valence-corrected chi connectivity index (χ1v) is 6.37. The Hall–Kier alpha value is -1.71. The lowest BCUT2D eigenvalue weighted by atomic mass is 9.95. The number of amides is 2. The van der Waals surface area contributed by atoms with Crippen LogP contribution in [0.1, 0.15) is 25.3 Å². The van der Waals surface area contributed by atoms with E-state index in [1.165, 1.54) is 5.56 Å². The number of carbonyl (C=O) groups excluding carboxylic acids is 1. The zero-order valence-corrected chi connectivity index (χ0v) is 11.0. The maximum atomic E-state index is 11.4. The Balaban J connectivity index is 2.05. The molecule has 1 aromatic carbocycles. The van der Waals surface area contributed by atoms with E-state index in [1.54, 1.807) is 7.11 Å². The van der Waals surface area contributed by atoms with Gasteiger partial charge >= 0.3 is 6.03 Å². The summed E-state index contributed by atoms with van der Waals surface area (Å²) in [6.07, 6.45) is 2.19. The summed E-state index contributed by atoms with van der Waals surface area (Å²) in [6, 6.07) is 7.95. The molecule has 0 bridgehead atoms. The molecule has 1 saturated carbocycles. The van der Waals surface area contributed by atoms with Crippen molar-refractivity contribution in [1.29, 1.82) is 0 Å². The Kier molecular flexibility index (Phi) is 3.75. The largest absolute Gasteiger partial charge is 0.496 e. The fraction of sp³-hybridized carbons (Fsp3) is 0.500. The Morgan fingerprint density at radius 1 is 1.33 bits per heavy atom. The molecule has 18 heavy (non-hydrogen) atoms. The fourth-order valence-corrected chi connectivity index (χ4v) is 2.25. The summed E-state index contributed by atoms with van der Waals surface area (Å²) in [6.45, 7) is 3.22. The van der Waals surface area contributed by atoms with Crippen molar-refractivity contribution in [2.24, 2.45) is 0 Å². The van der Waals surface area contributed by atoms with Gasteiger partial charge in [0.25, 0.3) is 0 Å². The van der Waals surface area contributed by atoms with Gasteiger partial charge in [-0.2, -0.15) is 0 Å². The summed E-state index contributed by atoms with van der Waals surface area (Å²) in [7, 11) is 1.69. The SMILES string of the molecule is CCNC(=O)NCC1(c2ccccc2OC)CC1. The molecule has 0 atom stereocenters. The highest BCUT2D eigenvalue weighted by Gasteiger charge is 2.46. The van der Waals surface area contributed by atoms with Crippen LogP contribution in [-0.2, 0) is 5.41 Å². The van der Waals surface area contributed by atoms with Crippen molar-refractivity contribution in [3.05, 3.63) is 29.8 Å². The molecule has 2 N–H and O–H groups in total. The molecule has 0 radical (unpaired) electrons. The van der Waals surface area contributed by atoms with Crippen LogP contribution in [0.5, 0.6) is 5.75 Å². The summed E-state index contributed by atoms with van der Waals surface area (Å²) in [5.41, 5.74) is 1.27. The van der Waals surface area contributed by atoms with E-state index in [0.29, 0.717) is 13.1 Å². The minimum Gasteiger partial charge on any atom is -0.496 e. The molecule has 1 aromatic rings. The summed E-state index contributed by atoms with van der Waals surface area (Å²) in [5, 5.41) is 5.68. The highest BCUT2D eigenvalue weighted by molar-refractivity contribution is 5.74. The van der Waals surface area contributed by atoms with Crippen LogP contribution in [0.2, 0.25) is 0 Å². The van der Waals surface area contributed by atoms with Crippen LogP contribution >= 0.6 is 0 Å². The Bertz CT molecular complexity index is 428. The summed E-state index contributed by atoms with van der Waals surface area (Å²) < 4.78 is 5.40. The number of nitrogens with one attached hydrogen (secondary N) is 2. The van der Waals surface area contributed by atoms with Gasteiger partial charge < -0.3 is 15.4 Å². The second-order valence-corrected chi connectivity index (χ2v) is 4.69. The molecule has 0 spiro atoms. The number of para-hydroxylation sites is 1. The number of hydrogen-bond acceptors (Lipinski definition) is 2. The van der Waals surface area contributed by atoms with Gasteiger partial charge in [0.15, 0.2) is 0 Å². The number of rotatable bonds is 5. The third-order valence-corrected chi connectivity index (χ3v) is 3.46. The van der Waals surface area contributed by atoms with Gasteiger partial charge in [-0.1, -0.05) is 18.2 Å². The van der Waals surface area contributed by atoms with Crippen molar-refractivity contribution in [2.75, 3.05) is 20.2 Å². The van der Waals surface area contributed by atoms with E-state index in [9.17, 15) is 4.79 Å². The molecule has 0 heterocycles. The summed E-state index contributed by atoms with van der Waals surface area (Å²) in [5.74, 6) is 0.910. The van der Waals surface area contributed by atoms with Crippen LogP contribution in [0.3, 0.4) is 0 Å². The molecule has 1 aliphatic carbocycles. The normalized spacial score (nSPS) is 15.9. The van der Waals surface area contributed by atoms with E-state index >= 15 is 0 Å². The van der Waals surface area contributed by atoms with Gasteiger partial charge in [-0.3, -0.25) is 0 Å². The predicted octanol–water partition coefficient (Wildman–Crippen LogP) is 2.05. The van der Waals surface area contributed by atoms with Gasteiger partial charge in [0.1, 0.15) is 5.75 Å². The lowest BCUT2D eigenvalue weighted by Crippen LogP contribution is -2.39. The van der Waals surface area contributed by atoms with Gasteiger partial charge in [0, 0.05) is 24.1 Å². The lowest BCUT2D eigenvalue weighted by Gasteiger charge is -2.19. The number of urea groups is 1. The van der Waals surface area contributed by atoms with Crippen molar-refractivity contribution in [3.63, 3.8) is 0 Å². The van der Waals surface area contributed by atoms with E-state index in [-0.39, 0.29) is 11.4 Å². The third kappa shape index (κ3) is 2.58. The topological polar surface area (TPSA) is 50.4 Å². The fourth-order valence-electron chi connectivity index (χ4n) is 2.25. The van der Waals surface area contributed by atoms with Crippen molar-refractivity contribution < 1.29 is 9.53 Å². The minimum atomic E-state index is -0.0985. The van der Waals surface area contributed by atoms with Crippen molar-refractivity contribution >= 4 is 6.03 Å². The molecular formula is C14H20N2O2. The third-order valence-electron chi connectivity index (χ3n) is 3.46. The minimum absolute atomic E-state index is 0.0671. The molecule has 0 aromatic heterocycles. The van der Waals surface area contributed by atoms with Crippen LogP contribution in [0, 0.1) is 0 Å². The number of carbonyl (C=O) groups is 1. The Labute approximate surface area is 108 Å². The second kappa shape index (κ2) is 5.29. The van der Waals surface area contributed by atoms with E-state index in [1.807, 2.05) is 25.1 Å². The molecular weight excluding hydrogens is 228 g/mol. The van der Waals surface area contributed by atoms with Crippen LogP contribution in [0.4, 0.5) is 4.79 Å². The molecule has 0 aliphatic heterocycles. The van der Waals surface area contributed by atoms with Gasteiger partial charge in [-0.25, -0.2) is 4.79 Å². The standard InChI is InChI=1S/C14H20N2O2/c1-3-15-13(17)16-10-14(8-9-14)11-6-4-5-7-12(11)18-2/h4-7H,3,8-10H2,1-2H3,(H2,15,16,17). The molecule has 1 fully saturated rings. The number of benzene rings is 1. The second-order valence-electron chi connectivity index (χ2n) is 4.69. The summed E-state index contributed by atoms with van der Waals surface area (Å²) >= 11 is 0. The predicted molar refractivity (Wildman–Crippen MR) is 71.0 cm³/mol. The monoisotopic (exact) mass is 248 g/mol. The van der Waals surface area contributed by atoms with E-state index in [2.05, 4.69) is 16.7 Å². The summed E-state index contributed by atoms with van der Waals surface area (Å²) in [4.78, 5) is 11.4. The quantitative estimate of drug-likeness (QED) is 0.838. The molecule has 4 nitrogen and oxygen atoms in total. The van der Waals surface area contributed by atoms with Gasteiger partial charge in [0.2, 0.25) is 0 Å². The van der Waals surface area contributed by atoms with Crippen LogP contribution in [0.15, 0.2) is 24.3 Å². The smallest absolute Gasteiger partial charge is 0.314 e. The van der Waals surface area contributed by atoms with Crippen molar-refractivity contribution in [2.45, 2.75) is 25.2 Å². The van der Waals surface area contributed by atoms with E-state index in [0.717, 1.165) is 18.6 Å². The highest BCUT2D eigenvalue weighted by atomic mass is 16.5. The molecule has 98 valence electrons. The van der Waals surface area contributed by atoms with Gasteiger partial charge in [-0.15, -0.1) is 0 Å². The van der Waals surface area contributed by atoms with Gasteiger partial charge in [-0.05, 0) is 25.8 Å². The zero-order valence-electron chi connectivity index (χ0n) is 11.0. The number of ether oxygens (including phenoxy) is 1. The zero-order chi connectivity index (χ0) is 13.0. The van der Waals surface area contributed by atoms with E-state index < -0.39 is 0 Å². The Morgan fingerprint density at radius 3 is 2.67 bits per heavy atom. The van der Waals surface area contributed by atoms with Crippen LogP contribution in [-0.4, -0.2) is 26.2 Å². The lowest BCUT2D eigenvalue weighted by molar-refractivity contribution is 0.240. The molecule has 0 saturated heterocycles. The molecule has 4 heteroatoms. The van der Waals surface area contributed by atoms with Crippen LogP contribution in [0.25, 0.3) is 0 Å². The first-order valence-electron chi connectivity index (χ1n) is 6.37. The van der Waals surface area contributed by atoms with Crippen LogP contribution < -0.4 is 15.4 Å². The number of methoxy groups -OCH3 is 1. The highest BCUT2D eigenvalue weighted by Crippen LogP contribution is 2.50.